The minimum absolute atomic E-state index is 0.0206. The van der Waals surface area contributed by atoms with Crippen LogP contribution in [-0.4, -0.2) is 39.4 Å². The molecule has 1 heterocycles. The highest BCUT2D eigenvalue weighted by Crippen LogP contribution is 2.21. The molecule has 0 bridgehead atoms. The molecule has 0 radical (unpaired) electrons. The molecule has 1 rings (SSSR count). The molecule has 14 heavy (non-hydrogen) atoms. The van der Waals surface area contributed by atoms with Crippen molar-refractivity contribution in [1.29, 1.82) is 0 Å². The lowest BCUT2D eigenvalue weighted by Crippen LogP contribution is -2.47. The molecule has 0 aromatic heterocycles. The van der Waals surface area contributed by atoms with Crippen LogP contribution in [0.2, 0.25) is 0 Å². The second-order valence-electron chi connectivity index (χ2n) is 4.08. The van der Waals surface area contributed by atoms with Gasteiger partial charge in [0, 0.05) is 12.6 Å². The number of carbonyl (C=O) groups is 1. The Morgan fingerprint density at radius 2 is 2.29 bits per heavy atom. The summed E-state index contributed by atoms with van der Waals surface area (Å²) in [7, 11) is 0. The Morgan fingerprint density at radius 3 is 2.86 bits per heavy atom. The molecule has 0 aromatic carbocycles. The number of hydrogen-bond acceptors (Lipinski definition) is 2. The van der Waals surface area contributed by atoms with Crippen LogP contribution < -0.4 is 0 Å². The Balaban J connectivity index is 2.53. The van der Waals surface area contributed by atoms with Gasteiger partial charge in [0.15, 0.2) is 0 Å². The maximum atomic E-state index is 11.7. The molecule has 0 aromatic rings. The van der Waals surface area contributed by atoms with Crippen molar-refractivity contribution in [3.8, 4) is 0 Å². The number of carbonyl (C=O) groups excluding carboxylic acids is 1. The van der Waals surface area contributed by atoms with E-state index in [2.05, 4.69) is 15.9 Å². The molecule has 1 N–H and O–H groups in total. The van der Waals surface area contributed by atoms with E-state index in [9.17, 15) is 9.90 Å². The average Bonchev–Trinajstić information content (AvgIpc) is 2.08. The zero-order valence-electron chi connectivity index (χ0n) is 8.74. The summed E-state index contributed by atoms with van der Waals surface area (Å²) in [6.07, 6.45) is 2.29. The highest BCUT2D eigenvalue weighted by Gasteiger charge is 2.29. The van der Waals surface area contributed by atoms with Crippen LogP contribution >= 0.6 is 15.9 Å². The number of hydrogen-bond donors (Lipinski definition) is 1. The van der Waals surface area contributed by atoms with Gasteiger partial charge in [-0.1, -0.05) is 15.9 Å². The van der Waals surface area contributed by atoms with E-state index in [1.807, 2.05) is 11.8 Å². The van der Waals surface area contributed by atoms with Crippen LogP contribution in [0.25, 0.3) is 0 Å². The molecule has 3 atom stereocenters. The van der Waals surface area contributed by atoms with E-state index in [1.165, 1.54) is 0 Å². The lowest BCUT2D eigenvalue weighted by molar-refractivity contribution is -0.135. The van der Waals surface area contributed by atoms with Gasteiger partial charge in [-0.05, 0) is 33.1 Å². The number of aliphatic hydroxyl groups is 1. The summed E-state index contributed by atoms with van der Waals surface area (Å²) in [6.45, 7) is 4.58. The lowest BCUT2D eigenvalue weighted by Gasteiger charge is -2.35. The molecular formula is C10H18BrNO2. The first-order valence-corrected chi connectivity index (χ1v) is 6.06. The fourth-order valence-electron chi connectivity index (χ4n) is 1.91. The van der Waals surface area contributed by atoms with Gasteiger partial charge in [-0.2, -0.15) is 0 Å². The van der Waals surface area contributed by atoms with Gasteiger partial charge in [0.2, 0.25) is 5.91 Å². The second-order valence-corrected chi connectivity index (χ2v) is 5.18. The number of nitrogens with zero attached hydrogens (tertiary/aromatic N) is 1. The third kappa shape index (κ3) is 2.95. The predicted molar refractivity (Wildman–Crippen MR) is 59.4 cm³/mol. The maximum absolute atomic E-state index is 11.7. The Morgan fingerprint density at radius 1 is 1.64 bits per heavy atom. The Labute approximate surface area is 93.6 Å². The van der Waals surface area contributed by atoms with E-state index in [0.717, 1.165) is 19.4 Å². The molecule has 1 amide bonds. The third-order valence-corrected chi connectivity index (χ3v) is 3.47. The van der Waals surface area contributed by atoms with Crippen molar-refractivity contribution in [2.75, 3.05) is 6.54 Å². The van der Waals surface area contributed by atoms with E-state index < -0.39 is 0 Å². The second kappa shape index (κ2) is 5.12. The number of aliphatic hydroxyl groups excluding tert-OH is 1. The Hall–Kier alpha value is -0.0900. The first kappa shape index (κ1) is 12.0. The first-order valence-electron chi connectivity index (χ1n) is 5.15. The largest absolute Gasteiger partial charge is 0.393 e. The molecule has 1 fully saturated rings. The smallest absolute Gasteiger partial charge is 0.236 e. The molecular weight excluding hydrogens is 246 g/mol. The van der Waals surface area contributed by atoms with Gasteiger partial charge < -0.3 is 10.0 Å². The summed E-state index contributed by atoms with van der Waals surface area (Å²) in [4.78, 5) is 13.6. The van der Waals surface area contributed by atoms with Crippen LogP contribution in [0.3, 0.4) is 0 Å². The van der Waals surface area contributed by atoms with Crippen LogP contribution in [0.1, 0.15) is 33.1 Å². The number of amides is 1. The molecule has 3 nitrogen and oxygen atoms in total. The standard InChI is InChI=1S/C10H18BrNO2/c1-7(6-8(2)13)12-5-3-4-9(11)10(12)14/h7-9,13H,3-6H2,1-2H3. The number of halogens is 1. The molecule has 0 saturated carbocycles. The number of piperidine rings is 1. The third-order valence-electron chi connectivity index (χ3n) is 2.62. The molecule has 1 saturated heterocycles. The topological polar surface area (TPSA) is 40.5 Å². The van der Waals surface area contributed by atoms with Gasteiger partial charge >= 0.3 is 0 Å². The van der Waals surface area contributed by atoms with Crippen LogP contribution in [0, 0.1) is 0 Å². The van der Waals surface area contributed by atoms with E-state index in [1.54, 1.807) is 6.92 Å². The highest BCUT2D eigenvalue weighted by molar-refractivity contribution is 9.10. The highest BCUT2D eigenvalue weighted by atomic mass is 79.9. The molecule has 4 heteroatoms. The molecule has 1 aliphatic rings. The lowest BCUT2D eigenvalue weighted by atomic mass is 10.0. The quantitative estimate of drug-likeness (QED) is 0.785. The Kier molecular flexibility index (Phi) is 4.38. The van der Waals surface area contributed by atoms with E-state index in [4.69, 9.17) is 0 Å². The van der Waals surface area contributed by atoms with Gasteiger partial charge in [-0.25, -0.2) is 0 Å². The number of likely N-dealkylation sites (tertiary alicyclic amines) is 1. The van der Waals surface area contributed by atoms with Crippen molar-refractivity contribution >= 4 is 21.8 Å². The maximum Gasteiger partial charge on any atom is 0.236 e. The monoisotopic (exact) mass is 263 g/mol. The van der Waals surface area contributed by atoms with Crippen molar-refractivity contribution in [3.63, 3.8) is 0 Å². The normalized spacial score (nSPS) is 27.6. The van der Waals surface area contributed by atoms with E-state index >= 15 is 0 Å². The SMILES string of the molecule is CC(O)CC(C)N1CCCC(Br)C1=O. The first-order chi connectivity index (χ1) is 6.52. The zero-order valence-corrected chi connectivity index (χ0v) is 10.3. The fourth-order valence-corrected chi connectivity index (χ4v) is 2.50. The van der Waals surface area contributed by atoms with Gasteiger partial charge in [0.05, 0.1) is 10.9 Å². The van der Waals surface area contributed by atoms with Crippen LogP contribution in [0.15, 0.2) is 0 Å². The van der Waals surface area contributed by atoms with Crippen molar-refractivity contribution in [1.82, 2.24) is 4.90 Å². The van der Waals surface area contributed by atoms with Crippen molar-refractivity contribution in [3.05, 3.63) is 0 Å². The Bertz CT molecular complexity index is 208. The summed E-state index contributed by atoms with van der Waals surface area (Å²) in [5.74, 6) is 0.171. The van der Waals surface area contributed by atoms with Crippen LogP contribution in [0.5, 0.6) is 0 Å². The summed E-state index contributed by atoms with van der Waals surface area (Å²) in [5.41, 5.74) is 0. The molecule has 0 aliphatic carbocycles. The van der Waals surface area contributed by atoms with Crippen LogP contribution in [0.4, 0.5) is 0 Å². The summed E-state index contributed by atoms with van der Waals surface area (Å²) in [6, 6.07) is 0.142. The summed E-state index contributed by atoms with van der Waals surface area (Å²) >= 11 is 3.37. The molecule has 1 aliphatic heterocycles. The van der Waals surface area contributed by atoms with E-state index in [-0.39, 0.29) is 22.9 Å². The minimum atomic E-state index is -0.339. The molecule has 82 valence electrons. The predicted octanol–water partition coefficient (Wildman–Crippen LogP) is 1.53. The van der Waals surface area contributed by atoms with Gasteiger partial charge in [0.25, 0.3) is 0 Å². The number of alkyl halides is 1. The summed E-state index contributed by atoms with van der Waals surface area (Å²) in [5, 5.41) is 9.26. The van der Waals surface area contributed by atoms with Gasteiger partial charge in [-0.15, -0.1) is 0 Å². The van der Waals surface area contributed by atoms with E-state index in [0.29, 0.717) is 6.42 Å². The van der Waals surface area contributed by atoms with Crippen molar-refractivity contribution in [2.45, 2.75) is 50.1 Å². The van der Waals surface area contributed by atoms with Gasteiger partial charge in [-0.3, -0.25) is 4.79 Å². The van der Waals surface area contributed by atoms with Crippen molar-refractivity contribution < 1.29 is 9.90 Å². The van der Waals surface area contributed by atoms with Crippen LogP contribution in [-0.2, 0) is 4.79 Å². The molecule has 3 unspecified atom stereocenters. The number of rotatable bonds is 3. The zero-order chi connectivity index (χ0) is 10.7. The molecule has 0 spiro atoms. The van der Waals surface area contributed by atoms with Crippen molar-refractivity contribution in [2.24, 2.45) is 0 Å². The van der Waals surface area contributed by atoms with Gasteiger partial charge in [0.1, 0.15) is 0 Å². The fraction of sp³-hybridized carbons (Fsp3) is 0.900. The average molecular weight is 264 g/mol. The minimum Gasteiger partial charge on any atom is -0.393 e. The summed E-state index contributed by atoms with van der Waals surface area (Å²) < 4.78 is 0.